The van der Waals surface area contributed by atoms with Gasteiger partial charge in [0.15, 0.2) is 0 Å². The fraction of sp³-hybridized carbons (Fsp3) is 0.778. The van der Waals surface area contributed by atoms with E-state index in [9.17, 15) is 4.79 Å². The van der Waals surface area contributed by atoms with E-state index in [1.807, 2.05) is 6.92 Å². The van der Waals surface area contributed by atoms with Gasteiger partial charge >= 0.3 is 6.09 Å². The predicted octanol–water partition coefficient (Wildman–Crippen LogP) is -0.573. The van der Waals surface area contributed by atoms with Gasteiger partial charge in [0.2, 0.25) is 0 Å². The van der Waals surface area contributed by atoms with Crippen LogP contribution in [0.5, 0.6) is 0 Å². The molecule has 102 valence electrons. The molecule has 0 saturated heterocycles. The number of aliphatic hydroxyl groups is 2. The van der Waals surface area contributed by atoms with Gasteiger partial charge in [-0.25, -0.2) is 4.79 Å². The summed E-state index contributed by atoms with van der Waals surface area (Å²) in [5.41, 5.74) is 0. The lowest BCUT2D eigenvalue weighted by Crippen LogP contribution is -2.38. The molecule has 0 spiro atoms. The van der Waals surface area contributed by atoms with Crippen molar-refractivity contribution in [1.82, 2.24) is 10.2 Å². The minimum absolute atomic E-state index is 0. The second-order valence-electron chi connectivity index (χ2n) is 2.89. The number of rotatable bonds is 8. The van der Waals surface area contributed by atoms with Crippen LogP contribution in [0, 0.1) is 0 Å². The first-order valence-electron chi connectivity index (χ1n) is 5.16. The van der Waals surface area contributed by atoms with Crippen molar-refractivity contribution in [3.63, 3.8) is 0 Å². The zero-order valence-electron chi connectivity index (χ0n) is 9.83. The highest BCUT2D eigenvalue weighted by molar-refractivity contribution is 5.85. The number of hydrogen-bond acceptors (Lipinski definition) is 6. The van der Waals surface area contributed by atoms with Crippen LogP contribution in [0.15, 0.2) is 5.16 Å². The Kier molecular flexibility index (Phi) is 14.3. The van der Waals surface area contributed by atoms with E-state index >= 15 is 0 Å². The molecule has 0 aliphatic rings. The smallest absolute Gasteiger partial charge is 0.395 e. The minimum Gasteiger partial charge on any atom is -0.395 e. The summed E-state index contributed by atoms with van der Waals surface area (Å²) < 4.78 is 0. The van der Waals surface area contributed by atoms with Gasteiger partial charge in [0.25, 0.3) is 0 Å². The number of aliphatic hydroxyl groups excluding tert-OH is 2. The average Bonchev–Trinajstić information content (AvgIpc) is 2.28. The van der Waals surface area contributed by atoms with Gasteiger partial charge in [0.1, 0.15) is 0 Å². The minimum atomic E-state index is -0.642. The Bertz CT molecular complexity index is 216. The average molecular weight is 270 g/mol. The van der Waals surface area contributed by atoms with Gasteiger partial charge in [-0.15, -0.1) is 12.4 Å². The third kappa shape index (κ3) is 10.0. The number of hydrogen-bond donors (Lipinski definition) is 3. The zero-order chi connectivity index (χ0) is 12.2. The van der Waals surface area contributed by atoms with Gasteiger partial charge in [-0.1, -0.05) is 12.1 Å². The lowest BCUT2D eigenvalue weighted by Gasteiger charge is -2.19. The number of halogens is 1. The van der Waals surface area contributed by atoms with E-state index in [0.29, 0.717) is 13.1 Å². The van der Waals surface area contributed by atoms with E-state index in [-0.39, 0.29) is 32.2 Å². The second-order valence-corrected chi connectivity index (χ2v) is 2.89. The summed E-state index contributed by atoms with van der Waals surface area (Å²) >= 11 is 0. The predicted molar refractivity (Wildman–Crippen MR) is 66.5 cm³/mol. The molecule has 1 amide bonds. The molecule has 0 atom stereocenters. The van der Waals surface area contributed by atoms with E-state index in [1.54, 1.807) is 0 Å². The first-order valence-corrected chi connectivity index (χ1v) is 5.16. The fourth-order valence-corrected chi connectivity index (χ4v) is 0.979. The Labute approximate surface area is 107 Å². The quantitative estimate of drug-likeness (QED) is 0.237. The lowest BCUT2D eigenvalue weighted by atomic mass is 10.5. The van der Waals surface area contributed by atoms with Crippen molar-refractivity contribution in [3.05, 3.63) is 0 Å². The molecule has 0 saturated carbocycles. The molecule has 0 radical (unpaired) electrons. The highest BCUT2D eigenvalue weighted by Crippen LogP contribution is 1.93. The van der Waals surface area contributed by atoms with Crippen molar-refractivity contribution >= 4 is 24.7 Å². The molecule has 3 N–H and O–H groups in total. The van der Waals surface area contributed by atoms with E-state index in [2.05, 4.69) is 15.3 Å². The van der Waals surface area contributed by atoms with Gasteiger partial charge in [-0.2, -0.15) is 0 Å². The summed E-state index contributed by atoms with van der Waals surface area (Å²) in [7, 11) is 0. The van der Waals surface area contributed by atoms with Crippen LogP contribution in [0.25, 0.3) is 0 Å². The van der Waals surface area contributed by atoms with Crippen LogP contribution >= 0.6 is 12.4 Å². The number of carbonyl (C=O) groups excluding carboxylic acids is 1. The molecule has 0 aromatic heterocycles. The zero-order valence-corrected chi connectivity index (χ0v) is 10.7. The molecule has 0 aromatic rings. The summed E-state index contributed by atoms with van der Waals surface area (Å²) in [6.45, 7) is 3.59. The third-order valence-corrected chi connectivity index (χ3v) is 1.72. The topological polar surface area (TPSA) is 94.4 Å². The Morgan fingerprint density at radius 3 is 2.71 bits per heavy atom. The SMILES string of the molecule is CCNCCN(CCO)C(=O)ON=CCO.Cl. The number of nitrogens with one attached hydrogen (secondary N) is 1. The monoisotopic (exact) mass is 269 g/mol. The van der Waals surface area contributed by atoms with Crippen LogP contribution in [0.1, 0.15) is 6.92 Å². The first kappa shape index (κ1) is 18.5. The number of carbonyl (C=O) groups is 1. The van der Waals surface area contributed by atoms with E-state index in [0.717, 1.165) is 12.8 Å². The third-order valence-electron chi connectivity index (χ3n) is 1.72. The van der Waals surface area contributed by atoms with Crippen LogP contribution in [0.3, 0.4) is 0 Å². The molecule has 0 aliphatic heterocycles. The highest BCUT2D eigenvalue weighted by atomic mass is 35.5. The largest absolute Gasteiger partial charge is 0.436 e. The normalized spacial score (nSPS) is 10.1. The van der Waals surface area contributed by atoms with E-state index in [4.69, 9.17) is 10.2 Å². The van der Waals surface area contributed by atoms with Crippen LogP contribution in [-0.2, 0) is 4.84 Å². The molecule has 17 heavy (non-hydrogen) atoms. The molecule has 0 aliphatic carbocycles. The summed E-state index contributed by atoms with van der Waals surface area (Å²) in [4.78, 5) is 17.2. The van der Waals surface area contributed by atoms with Gasteiger partial charge < -0.3 is 20.4 Å². The highest BCUT2D eigenvalue weighted by Gasteiger charge is 2.13. The number of amides is 1. The summed E-state index contributed by atoms with van der Waals surface area (Å²) in [6, 6.07) is 0. The van der Waals surface area contributed by atoms with E-state index in [1.165, 1.54) is 4.90 Å². The standard InChI is InChI=1S/C9H19N3O4.ClH/c1-2-10-3-5-12(6-8-14)9(15)16-11-4-7-13;/h4,10,13-14H,2-3,5-8H2,1H3;1H. The maximum absolute atomic E-state index is 11.4. The fourth-order valence-electron chi connectivity index (χ4n) is 0.979. The van der Waals surface area contributed by atoms with Crippen molar-refractivity contribution < 1.29 is 19.8 Å². The number of nitrogens with zero attached hydrogens (tertiary/aromatic N) is 2. The van der Waals surface area contributed by atoms with Gasteiger partial charge in [0.05, 0.1) is 19.4 Å². The molecule has 0 heterocycles. The Morgan fingerprint density at radius 1 is 1.47 bits per heavy atom. The summed E-state index contributed by atoms with van der Waals surface area (Å²) in [5.74, 6) is 0. The summed E-state index contributed by atoms with van der Waals surface area (Å²) in [5, 5.41) is 23.5. The molecule has 0 fully saturated rings. The molecular weight excluding hydrogens is 250 g/mol. The van der Waals surface area contributed by atoms with Crippen LogP contribution in [0.2, 0.25) is 0 Å². The molecule has 0 aromatic carbocycles. The van der Waals surface area contributed by atoms with Gasteiger partial charge in [-0.3, -0.25) is 4.84 Å². The summed E-state index contributed by atoms with van der Waals surface area (Å²) in [6.07, 6.45) is 0.427. The number of likely N-dealkylation sites (N-methyl/N-ethyl adjacent to an activating group) is 1. The van der Waals surface area contributed by atoms with Crippen molar-refractivity contribution in [1.29, 1.82) is 0 Å². The second kappa shape index (κ2) is 13.2. The molecule has 8 heteroatoms. The van der Waals surface area contributed by atoms with Crippen molar-refractivity contribution in [2.45, 2.75) is 6.92 Å². The molecule has 0 rings (SSSR count). The van der Waals surface area contributed by atoms with Crippen molar-refractivity contribution in [2.24, 2.45) is 5.16 Å². The maximum atomic E-state index is 11.4. The number of oxime groups is 1. The first-order chi connectivity index (χ1) is 7.76. The molecular formula is C9H20ClN3O4. The Balaban J connectivity index is 0. The van der Waals surface area contributed by atoms with Crippen molar-refractivity contribution in [3.8, 4) is 0 Å². The van der Waals surface area contributed by atoms with Gasteiger partial charge in [-0.05, 0) is 6.54 Å². The lowest BCUT2D eigenvalue weighted by molar-refractivity contribution is 0.0973. The van der Waals surface area contributed by atoms with Crippen LogP contribution < -0.4 is 5.32 Å². The maximum Gasteiger partial charge on any atom is 0.436 e. The molecule has 0 bridgehead atoms. The van der Waals surface area contributed by atoms with Crippen LogP contribution in [0.4, 0.5) is 4.79 Å². The molecule has 7 nitrogen and oxygen atoms in total. The van der Waals surface area contributed by atoms with Crippen LogP contribution in [-0.4, -0.2) is 66.8 Å². The Hall–Kier alpha value is -0.890. The van der Waals surface area contributed by atoms with Gasteiger partial charge in [0, 0.05) is 19.6 Å². The van der Waals surface area contributed by atoms with E-state index < -0.39 is 6.09 Å². The molecule has 0 unspecified atom stereocenters. The Morgan fingerprint density at radius 2 is 2.18 bits per heavy atom. The van der Waals surface area contributed by atoms with Crippen molar-refractivity contribution in [2.75, 3.05) is 39.4 Å².